The van der Waals surface area contributed by atoms with Gasteiger partial charge >= 0.3 is 18.4 Å². The Morgan fingerprint density at radius 2 is 1.42 bits per heavy atom. The maximum absolute atomic E-state index is 13.7. The average Bonchev–Trinajstić information content (AvgIpc) is 3.40. The summed E-state index contributed by atoms with van der Waals surface area (Å²) in [5.74, 6) is -0.881. The second-order valence-electron chi connectivity index (χ2n) is 11.1. The normalized spacial score (nSPS) is 22.6. The van der Waals surface area contributed by atoms with Crippen LogP contribution in [0, 0.1) is 17.7 Å². The molecule has 0 aromatic heterocycles. The Hall–Kier alpha value is -3.06. The van der Waals surface area contributed by atoms with E-state index in [9.17, 15) is 40.3 Å². The molecule has 2 aromatic rings. The first kappa shape index (κ1) is 34.4. The van der Waals surface area contributed by atoms with E-state index in [4.69, 9.17) is 5.73 Å². The van der Waals surface area contributed by atoms with Gasteiger partial charge in [-0.1, -0.05) is 12.1 Å². The molecule has 238 valence electrons. The minimum absolute atomic E-state index is 0. The van der Waals surface area contributed by atoms with Gasteiger partial charge in [0.2, 0.25) is 5.91 Å². The molecule has 3 amide bonds. The lowest BCUT2D eigenvalue weighted by molar-refractivity contribution is -0.143. The molecule has 0 radical (unpaired) electrons. The zero-order chi connectivity index (χ0) is 31.0. The van der Waals surface area contributed by atoms with E-state index in [1.54, 1.807) is 4.90 Å². The highest BCUT2D eigenvalue weighted by Gasteiger charge is 2.43. The molecule has 4 rings (SSSR count). The summed E-state index contributed by atoms with van der Waals surface area (Å²) in [5.41, 5.74) is 2.74. The molecule has 0 unspecified atom stereocenters. The number of likely N-dealkylation sites (N-methyl/N-ethyl adjacent to an activating group) is 1. The van der Waals surface area contributed by atoms with Crippen molar-refractivity contribution in [1.82, 2.24) is 9.80 Å². The Morgan fingerprint density at radius 3 is 1.91 bits per heavy atom. The van der Waals surface area contributed by atoms with Crippen molar-refractivity contribution in [2.75, 3.05) is 38.6 Å². The molecule has 2 fully saturated rings. The quantitative estimate of drug-likeness (QED) is 0.379. The second-order valence-corrected chi connectivity index (χ2v) is 11.1. The monoisotopic (exact) mass is 638 g/mol. The van der Waals surface area contributed by atoms with Crippen molar-refractivity contribution in [3.05, 3.63) is 65.0 Å². The molecule has 2 N–H and O–H groups in total. The number of urea groups is 1. The highest BCUT2D eigenvalue weighted by molar-refractivity contribution is 5.92. The summed E-state index contributed by atoms with van der Waals surface area (Å²) >= 11 is 0. The first-order valence-corrected chi connectivity index (χ1v) is 13.6. The number of nitrogens with zero attached hydrogens (tertiary/aromatic N) is 3. The lowest BCUT2D eigenvalue weighted by atomic mass is 9.81. The molecule has 0 bridgehead atoms. The van der Waals surface area contributed by atoms with E-state index in [-0.39, 0.29) is 43.4 Å². The van der Waals surface area contributed by atoms with E-state index in [1.807, 2.05) is 0 Å². The molecule has 1 aliphatic heterocycles. The minimum Gasteiger partial charge on any atom is -0.340 e. The SMILES string of the molecule is CN(C(=O)N(C)[C@@H]1CN(C(=O)C2CCC(CN)CC2)C[C@H]1c1ccc(F)cc1)c1cc(C(F)(F)F)cc(C(F)(F)F)c1.Cl. The number of rotatable bonds is 5. The van der Waals surface area contributed by atoms with E-state index >= 15 is 0 Å². The number of carbonyl (C=O) groups excluding carboxylic acids is 2. The molecule has 1 saturated carbocycles. The molecule has 1 heterocycles. The minimum atomic E-state index is -5.07. The van der Waals surface area contributed by atoms with Gasteiger partial charge in [0.15, 0.2) is 0 Å². The highest BCUT2D eigenvalue weighted by atomic mass is 35.5. The summed E-state index contributed by atoms with van der Waals surface area (Å²) < 4.78 is 94.3. The maximum atomic E-state index is 13.7. The van der Waals surface area contributed by atoms with E-state index in [1.165, 1.54) is 36.2 Å². The van der Waals surface area contributed by atoms with Crippen LogP contribution in [0.15, 0.2) is 42.5 Å². The van der Waals surface area contributed by atoms with E-state index in [2.05, 4.69) is 0 Å². The average molecular weight is 639 g/mol. The molecule has 14 heteroatoms. The van der Waals surface area contributed by atoms with Gasteiger partial charge in [-0.05, 0) is 74.0 Å². The molecule has 1 saturated heterocycles. The first-order valence-electron chi connectivity index (χ1n) is 13.6. The van der Waals surface area contributed by atoms with Crippen molar-refractivity contribution in [2.45, 2.75) is 50.0 Å². The number of nitrogens with two attached hydrogens (primary N) is 1. The van der Waals surface area contributed by atoms with Crippen molar-refractivity contribution in [1.29, 1.82) is 0 Å². The molecule has 2 aromatic carbocycles. The summed E-state index contributed by atoms with van der Waals surface area (Å²) in [5, 5.41) is 0. The molecule has 1 aliphatic carbocycles. The zero-order valence-corrected chi connectivity index (χ0v) is 24.4. The standard InChI is InChI=1S/C29H33F7N4O2.ClH/c1-38(23-12-20(28(31,32)33)11-21(13-23)29(34,35)36)27(42)39(2)25-16-40(15-24(25)18-7-9-22(30)10-8-18)26(41)19-5-3-17(14-37)4-6-19;/h7-13,17,19,24-25H,3-6,14-16,37H2,1-2H3;1H/t17?,19?,24-,25+;/m0./s1. The second kappa shape index (κ2) is 13.3. The van der Waals surface area contributed by atoms with Crippen LogP contribution < -0.4 is 10.6 Å². The first-order chi connectivity index (χ1) is 19.6. The predicted molar refractivity (Wildman–Crippen MR) is 149 cm³/mol. The van der Waals surface area contributed by atoms with Crippen LogP contribution in [0.1, 0.15) is 48.3 Å². The van der Waals surface area contributed by atoms with Crippen LogP contribution in [-0.2, 0) is 17.1 Å². The summed E-state index contributed by atoms with van der Waals surface area (Å²) in [6.07, 6.45) is -7.14. The Morgan fingerprint density at radius 1 is 0.884 bits per heavy atom. The summed E-state index contributed by atoms with van der Waals surface area (Å²) in [4.78, 5) is 30.6. The molecule has 2 aliphatic rings. The number of hydrogen-bond donors (Lipinski definition) is 1. The van der Waals surface area contributed by atoms with Crippen LogP contribution in [0.5, 0.6) is 0 Å². The maximum Gasteiger partial charge on any atom is 0.416 e. The van der Waals surface area contributed by atoms with Gasteiger partial charge in [0.25, 0.3) is 0 Å². The van der Waals surface area contributed by atoms with Crippen LogP contribution in [0.3, 0.4) is 0 Å². The fraction of sp³-hybridized carbons (Fsp3) is 0.517. The van der Waals surface area contributed by atoms with Gasteiger partial charge in [0.05, 0.1) is 17.2 Å². The van der Waals surface area contributed by atoms with Gasteiger partial charge in [-0.3, -0.25) is 9.69 Å². The smallest absolute Gasteiger partial charge is 0.340 e. The summed E-state index contributed by atoms with van der Waals surface area (Å²) in [6, 6.07) is 5.01. The van der Waals surface area contributed by atoms with Gasteiger partial charge < -0.3 is 15.5 Å². The lowest BCUT2D eigenvalue weighted by Crippen LogP contribution is -2.48. The fourth-order valence-corrected chi connectivity index (χ4v) is 5.92. The fourth-order valence-electron chi connectivity index (χ4n) is 5.92. The van der Waals surface area contributed by atoms with E-state index in [0.29, 0.717) is 43.0 Å². The molecule has 0 spiro atoms. The number of likely N-dealkylation sites (tertiary alicyclic amines) is 1. The number of carbonyl (C=O) groups is 2. The van der Waals surface area contributed by atoms with Crippen molar-refractivity contribution in [2.24, 2.45) is 17.6 Å². The Labute approximate surface area is 251 Å². The van der Waals surface area contributed by atoms with Crippen LogP contribution in [0.4, 0.5) is 41.2 Å². The third-order valence-electron chi connectivity index (χ3n) is 8.47. The predicted octanol–water partition coefficient (Wildman–Crippen LogP) is 6.53. The molecule has 2 atom stereocenters. The Kier molecular flexibility index (Phi) is 10.6. The van der Waals surface area contributed by atoms with Crippen molar-refractivity contribution >= 4 is 30.0 Å². The van der Waals surface area contributed by atoms with Crippen molar-refractivity contribution in [3.8, 4) is 0 Å². The summed E-state index contributed by atoms with van der Waals surface area (Å²) in [6.45, 7) is 0.870. The zero-order valence-electron chi connectivity index (χ0n) is 23.6. The van der Waals surface area contributed by atoms with Crippen LogP contribution >= 0.6 is 12.4 Å². The molecule has 6 nitrogen and oxygen atoms in total. The van der Waals surface area contributed by atoms with Crippen LogP contribution in [0.25, 0.3) is 0 Å². The summed E-state index contributed by atoms with van der Waals surface area (Å²) in [7, 11) is 2.48. The topological polar surface area (TPSA) is 69.9 Å². The number of benzene rings is 2. The highest BCUT2D eigenvalue weighted by Crippen LogP contribution is 2.39. The third kappa shape index (κ3) is 7.72. The van der Waals surface area contributed by atoms with Crippen molar-refractivity contribution in [3.63, 3.8) is 0 Å². The number of halogens is 8. The Balaban J connectivity index is 0.00000506. The van der Waals surface area contributed by atoms with Crippen molar-refractivity contribution < 1.29 is 40.3 Å². The van der Waals surface area contributed by atoms with Gasteiger partial charge in [-0.25, -0.2) is 9.18 Å². The van der Waals surface area contributed by atoms with E-state index in [0.717, 1.165) is 24.8 Å². The largest absolute Gasteiger partial charge is 0.416 e. The molecule has 43 heavy (non-hydrogen) atoms. The van der Waals surface area contributed by atoms with Gasteiger partial charge in [-0.2, -0.15) is 26.3 Å². The Bertz CT molecular complexity index is 1250. The van der Waals surface area contributed by atoms with Crippen LogP contribution in [-0.4, -0.2) is 61.5 Å². The molecular weight excluding hydrogens is 605 g/mol. The van der Waals surface area contributed by atoms with Gasteiger partial charge in [0, 0.05) is 44.7 Å². The van der Waals surface area contributed by atoms with Gasteiger partial charge in [-0.15, -0.1) is 12.4 Å². The number of alkyl halides is 6. The van der Waals surface area contributed by atoms with E-state index < -0.39 is 53.0 Å². The number of anilines is 1. The van der Waals surface area contributed by atoms with Crippen LogP contribution in [0.2, 0.25) is 0 Å². The third-order valence-corrected chi connectivity index (χ3v) is 8.47. The molecular formula is C29H34ClF7N4O2. The van der Waals surface area contributed by atoms with Gasteiger partial charge in [0.1, 0.15) is 5.82 Å². The lowest BCUT2D eigenvalue weighted by Gasteiger charge is -2.33. The number of amides is 3. The number of hydrogen-bond acceptors (Lipinski definition) is 3.